The molecule has 0 atom stereocenters. The van der Waals surface area contributed by atoms with Crippen molar-refractivity contribution in [3.63, 3.8) is 0 Å². The maximum atomic E-state index is 5.89. The van der Waals surface area contributed by atoms with Gasteiger partial charge in [-0.1, -0.05) is 11.6 Å². The molecule has 22 heavy (non-hydrogen) atoms. The summed E-state index contributed by atoms with van der Waals surface area (Å²) in [5, 5.41) is 0.716. The van der Waals surface area contributed by atoms with Crippen LogP contribution in [0, 0.1) is 5.92 Å². The number of rotatable bonds is 4. The molecule has 0 amide bonds. The van der Waals surface area contributed by atoms with Gasteiger partial charge in [-0.25, -0.2) is 4.98 Å². The molecule has 0 saturated carbocycles. The van der Waals surface area contributed by atoms with Gasteiger partial charge in [-0.3, -0.25) is 4.90 Å². The minimum atomic E-state index is 0. The third-order valence-corrected chi connectivity index (χ3v) is 4.32. The Morgan fingerprint density at radius 1 is 1.23 bits per heavy atom. The number of piperidine rings is 1. The van der Waals surface area contributed by atoms with Crippen LogP contribution < -0.4 is 5.73 Å². The third-order valence-electron chi connectivity index (χ3n) is 4.07. The summed E-state index contributed by atoms with van der Waals surface area (Å²) in [4.78, 5) is 6.98. The fraction of sp³-hybridized carbons (Fsp3) is 0.438. The molecule has 1 aromatic heterocycles. The fourth-order valence-corrected chi connectivity index (χ4v) is 2.84. The second-order valence-corrected chi connectivity index (χ2v) is 6.04. The number of aromatic nitrogens is 1. The van der Waals surface area contributed by atoms with Gasteiger partial charge in [0.1, 0.15) is 6.26 Å². The minimum Gasteiger partial charge on any atom is -0.444 e. The number of oxazole rings is 1. The van der Waals surface area contributed by atoms with Gasteiger partial charge >= 0.3 is 0 Å². The lowest BCUT2D eigenvalue weighted by molar-refractivity contribution is 0.178. The Morgan fingerprint density at radius 3 is 2.55 bits per heavy atom. The molecule has 0 spiro atoms. The molecule has 1 fully saturated rings. The molecule has 6 heteroatoms. The van der Waals surface area contributed by atoms with E-state index in [9.17, 15) is 0 Å². The number of likely N-dealkylation sites (tertiary alicyclic amines) is 1. The first-order chi connectivity index (χ1) is 10.2. The normalized spacial score (nSPS) is 16.5. The molecule has 2 heterocycles. The monoisotopic (exact) mass is 341 g/mol. The first-order valence-electron chi connectivity index (χ1n) is 7.37. The van der Waals surface area contributed by atoms with Crippen molar-refractivity contribution in [1.82, 2.24) is 9.88 Å². The Bertz CT molecular complexity index is 577. The van der Waals surface area contributed by atoms with Crippen molar-refractivity contribution in [2.45, 2.75) is 19.4 Å². The third kappa shape index (κ3) is 4.23. The molecular formula is C16H21Cl2N3O. The standard InChI is InChI=1S/C16H20ClN3O.ClH/c17-14-3-1-13(2-4-14)16-19-15(11-21-16)10-20-7-5-12(9-18)6-8-20;/h1-4,11-12H,5-10,18H2;1H. The van der Waals surface area contributed by atoms with E-state index in [1.54, 1.807) is 6.26 Å². The van der Waals surface area contributed by atoms with E-state index in [1.165, 1.54) is 12.8 Å². The van der Waals surface area contributed by atoms with Gasteiger partial charge in [0, 0.05) is 17.1 Å². The van der Waals surface area contributed by atoms with Crippen molar-refractivity contribution in [2.75, 3.05) is 19.6 Å². The molecule has 120 valence electrons. The van der Waals surface area contributed by atoms with Crippen LogP contribution in [0.4, 0.5) is 0 Å². The number of nitrogens with zero attached hydrogens (tertiary/aromatic N) is 2. The van der Waals surface area contributed by atoms with E-state index < -0.39 is 0 Å². The maximum absolute atomic E-state index is 5.89. The lowest BCUT2D eigenvalue weighted by atomic mass is 9.97. The lowest BCUT2D eigenvalue weighted by Crippen LogP contribution is -2.35. The topological polar surface area (TPSA) is 55.3 Å². The van der Waals surface area contributed by atoms with Crippen LogP contribution in [-0.4, -0.2) is 29.5 Å². The molecule has 0 bridgehead atoms. The van der Waals surface area contributed by atoms with Gasteiger partial charge in [-0.05, 0) is 62.7 Å². The van der Waals surface area contributed by atoms with Gasteiger partial charge in [0.15, 0.2) is 0 Å². The summed E-state index contributed by atoms with van der Waals surface area (Å²) in [7, 11) is 0. The summed E-state index contributed by atoms with van der Waals surface area (Å²) in [6.07, 6.45) is 4.11. The molecular weight excluding hydrogens is 321 g/mol. The van der Waals surface area contributed by atoms with Crippen LogP contribution >= 0.6 is 24.0 Å². The van der Waals surface area contributed by atoms with E-state index in [2.05, 4.69) is 9.88 Å². The van der Waals surface area contributed by atoms with Crippen LogP contribution in [0.15, 0.2) is 34.9 Å². The van der Waals surface area contributed by atoms with E-state index in [0.29, 0.717) is 16.8 Å². The van der Waals surface area contributed by atoms with Gasteiger partial charge in [0.2, 0.25) is 5.89 Å². The van der Waals surface area contributed by atoms with E-state index >= 15 is 0 Å². The summed E-state index contributed by atoms with van der Waals surface area (Å²) in [6, 6.07) is 7.53. The van der Waals surface area contributed by atoms with Gasteiger partial charge in [0.05, 0.1) is 5.69 Å². The van der Waals surface area contributed by atoms with Crippen molar-refractivity contribution < 1.29 is 4.42 Å². The summed E-state index contributed by atoms with van der Waals surface area (Å²) in [5.41, 5.74) is 7.65. The van der Waals surface area contributed by atoms with E-state index in [1.807, 2.05) is 24.3 Å². The summed E-state index contributed by atoms with van der Waals surface area (Å²) < 4.78 is 5.57. The Kier molecular flexibility index (Phi) is 6.26. The minimum absolute atomic E-state index is 0. The molecule has 1 aromatic carbocycles. The summed E-state index contributed by atoms with van der Waals surface area (Å²) in [5.74, 6) is 1.33. The molecule has 0 radical (unpaired) electrons. The lowest BCUT2D eigenvalue weighted by Gasteiger charge is -2.30. The van der Waals surface area contributed by atoms with Crippen LogP contribution in [0.25, 0.3) is 11.5 Å². The van der Waals surface area contributed by atoms with Crippen LogP contribution in [0.1, 0.15) is 18.5 Å². The van der Waals surface area contributed by atoms with Gasteiger partial charge in [0.25, 0.3) is 0 Å². The van der Waals surface area contributed by atoms with Crippen molar-refractivity contribution in [2.24, 2.45) is 11.7 Å². The first kappa shape index (κ1) is 17.3. The quantitative estimate of drug-likeness (QED) is 0.923. The number of hydrogen-bond donors (Lipinski definition) is 1. The predicted molar refractivity (Wildman–Crippen MR) is 91.3 cm³/mol. The number of nitrogens with two attached hydrogens (primary N) is 1. The van der Waals surface area contributed by atoms with Crippen molar-refractivity contribution in [3.05, 3.63) is 41.2 Å². The molecule has 2 N–H and O–H groups in total. The molecule has 0 unspecified atom stereocenters. The Labute approximate surface area is 142 Å². The average Bonchev–Trinajstić information content (AvgIpc) is 2.97. The molecule has 3 rings (SSSR count). The van der Waals surface area contributed by atoms with Gasteiger partial charge in [-0.2, -0.15) is 0 Å². The summed E-state index contributed by atoms with van der Waals surface area (Å²) in [6.45, 7) is 3.82. The molecule has 4 nitrogen and oxygen atoms in total. The van der Waals surface area contributed by atoms with Crippen LogP contribution in [-0.2, 0) is 6.54 Å². The smallest absolute Gasteiger partial charge is 0.226 e. The second-order valence-electron chi connectivity index (χ2n) is 5.61. The SMILES string of the molecule is Cl.NCC1CCN(Cc2coc(-c3ccc(Cl)cc3)n2)CC1. The number of hydrogen-bond acceptors (Lipinski definition) is 4. The zero-order valence-electron chi connectivity index (χ0n) is 12.4. The average molecular weight is 342 g/mol. The predicted octanol–water partition coefficient (Wildman–Crippen LogP) is 3.59. The highest BCUT2D eigenvalue weighted by atomic mass is 35.5. The zero-order chi connectivity index (χ0) is 14.7. The summed E-state index contributed by atoms with van der Waals surface area (Å²) >= 11 is 5.89. The van der Waals surface area contributed by atoms with Crippen molar-refractivity contribution in [1.29, 1.82) is 0 Å². The number of benzene rings is 1. The van der Waals surface area contributed by atoms with Crippen LogP contribution in [0.5, 0.6) is 0 Å². The molecule has 1 aliphatic rings. The molecule has 0 aliphatic carbocycles. The number of halogens is 2. The van der Waals surface area contributed by atoms with Crippen LogP contribution in [0.2, 0.25) is 5.02 Å². The maximum Gasteiger partial charge on any atom is 0.226 e. The van der Waals surface area contributed by atoms with Crippen molar-refractivity contribution >= 4 is 24.0 Å². The largest absolute Gasteiger partial charge is 0.444 e. The highest BCUT2D eigenvalue weighted by molar-refractivity contribution is 6.30. The van der Waals surface area contributed by atoms with Crippen molar-refractivity contribution in [3.8, 4) is 11.5 Å². The first-order valence-corrected chi connectivity index (χ1v) is 7.75. The van der Waals surface area contributed by atoms with Crippen LogP contribution in [0.3, 0.4) is 0 Å². The molecule has 1 aliphatic heterocycles. The van der Waals surface area contributed by atoms with E-state index in [0.717, 1.165) is 37.4 Å². The van der Waals surface area contributed by atoms with Gasteiger partial charge in [-0.15, -0.1) is 12.4 Å². The highest BCUT2D eigenvalue weighted by Gasteiger charge is 2.19. The van der Waals surface area contributed by atoms with E-state index in [4.69, 9.17) is 21.8 Å². The molecule has 2 aromatic rings. The molecule has 1 saturated heterocycles. The second kappa shape index (κ2) is 7.97. The Balaban J connectivity index is 0.00000176. The zero-order valence-corrected chi connectivity index (χ0v) is 13.9. The Hall–Kier alpha value is -1.07. The fourth-order valence-electron chi connectivity index (χ4n) is 2.71. The van der Waals surface area contributed by atoms with E-state index in [-0.39, 0.29) is 12.4 Å². The van der Waals surface area contributed by atoms with Gasteiger partial charge < -0.3 is 10.2 Å². The highest BCUT2D eigenvalue weighted by Crippen LogP contribution is 2.22. The Morgan fingerprint density at radius 2 is 1.91 bits per heavy atom.